The zero-order valence-corrected chi connectivity index (χ0v) is 8.07. The fraction of sp³-hybridized carbons (Fsp3) is 1.00. The molecule has 68 valence electrons. The van der Waals surface area contributed by atoms with Gasteiger partial charge in [-0.25, -0.2) is 0 Å². The van der Waals surface area contributed by atoms with Crippen LogP contribution in [0.1, 0.15) is 26.2 Å². The van der Waals surface area contributed by atoms with Crippen LogP contribution in [-0.4, -0.2) is 29.3 Å². The molecule has 0 bridgehead atoms. The minimum absolute atomic E-state index is 0.320. The summed E-state index contributed by atoms with van der Waals surface area (Å²) in [6.07, 6.45) is 3.24. The Balaban J connectivity index is 2.80. The molecule has 0 saturated heterocycles. The van der Waals surface area contributed by atoms with E-state index in [1.807, 2.05) is 18.7 Å². The van der Waals surface area contributed by atoms with Crippen molar-refractivity contribution in [2.75, 3.05) is 18.1 Å². The number of rotatable bonds is 7. The highest BCUT2D eigenvalue weighted by molar-refractivity contribution is 7.99. The molecule has 0 spiro atoms. The number of aliphatic hydroxyl groups is 1. The number of nitrogens with two attached hydrogens (primary N) is 1. The first-order chi connectivity index (χ1) is 5.27. The van der Waals surface area contributed by atoms with Gasteiger partial charge in [0, 0.05) is 12.6 Å². The third kappa shape index (κ3) is 10.3. The Morgan fingerprint density at radius 3 is 2.55 bits per heavy atom. The summed E-state index contributed by atoms with van der Waals surface area (Å²) in [6.45, 7) is 2.36. The monoisotopic (exact) mass is 177 g/mol. The van der Waals surface area contributed by atoms with Crippen LogP contribution < -0.4 is 5.73 Å². The molecule has 0 aromatic rings. The molecular formula is C8H19NOS. The first-order valence-electron chi connectivity index (χ1n) is 4.21. The highest BCUT2D eigenvalue weighted by Gasteiger charge is 1.93. The molecule has 1 atom stereocenters. The zero-order valence-electron chi connectivity index (χ0n) is 7.25. The Bertz CT molecular complexity index is 78.5. The Hall–Kier alpha value is 0.270. The van der Waals surface area contributed by atoms with Crippen molar-refractivity contribution in [2.45, 2.75) is 32.2 Å². The van der Waals surface area contributed by atoms with Gasteiger partial charge in [0.15, 0.2) is 0 Å². The normalized spacial score (nSPS) is 13.4. The topological polar surface area (TPSA) is 46.2 Å². The second-order valence-corrected chi connectivity index (χ2v) is 4.03. The van der Waals surface area contributed by atoms with Crippen LogP contribution in [0.25, 0.3) is 0 Å². The summed E-state index contributed by atoms with van der Waals surface area (Å²) in [6, 6.07) is 0.341. The average molecular weight is 177 g/mol. The third-order valence-corrected chi connectivity index (χ3v) is 2.55. The molecule has 0 aromatic carbocycles. The van der Waals surface area contributed by atoms with Crippen LogP contribution in [0.3, 0.4) is 0 Å². The standard InChI is InChI=1S/C8H19NOS/c1-8(9)4-2-6-11-7-3-5-10/h8,10H,2-7,9H2,1H3. The van der Waals surface area contributed by atoms with Gasteiger partial charge < -0.3 is 10.8 Å². The van der Waals surface area contributed by atoms with E-state index in [-0.39, 0.29) is 0 Å². The van der Waals surface area contributed by atoms with Crippen LogP contribution in [0, 0.1) is 0 Å². The lowest BCUT2D eigenvalue weighted by atomic mass is 10.2. The van der Waals surface area contributed by atoms with Crippen molar-refractivity contribution in [3.63, 3.8) is 0 Å². The number of hydrogen-bond donors (Lipinski definition) is 2. The van der Waals surface area contributed by atoms with E-state index < -0.39 is 0 Å². The fourth-order valence-electron chi connectivity index (χ4n) is 0.776. The second-order valence-electron chi connectivity index (χ2n) is 2.81. The van der Waals surface area contributed by atoms with E-state index in [1.165, 1.54) is 12.2 Å². The number of thioether (sulfide) groups is 1. The molecule has 2 nitrogen and oxygen atoms in total. The van der Waals surface area contributed by atoms with E-state index in [9.17, 15) is 0 Å². The van der Waals surface area contributed by atoms with Gasteiger partial charge in [-0.1, -0.05) is 0 Å². The van der Waals surface area contributed by atoms with Gasteiger partial charge in [-0.3, -0.25) is 0 Å². The lowest BCUT2D eigenvalue weighted by Gasteiger charge is -2.03. The molecule has 1 unspecified atom stereocenters. The van der Waals surface area contributed by atoms with Gasteiger partial charge in [-0.15, -0.1) is 0 Å². The smallest absolute Gasteiger partial charge is 0.0438 e. The molecule has 0 aliphatic rings. The van der Waals surface area contributed by atoms with Crippen LogP contribution in [0.4, 0.5) is 0 Å². The van der Waals surface area contributed by atoms with Crippen LogP contribution in [0.2, 0.25) is 0 Å². The molecule has 0 rings (SSSR count). The molecule has 11 heavy (non-hydrogen) atoms. The van der Waals surface area contributed by atoms with Crippen LogP contribution in [-0.2, 0) is 0 Å². The summed E-state index contributed by atoms with van der Waals surface area (Å²) in [5.41, 5.74) is 5.58. The van der Waals surface area contributed by atoms with E-state index in [4.69, 9.17) is 10.8 Å². The maximum Gasteiger partial charge on any atom is 0.0438 e. The Morgan fingerprint density at radius 2 is 2.00 bits per heavy atom. The zero-order chi connectivity index (χ0) is 8.53. The summed E-state index contributed by atoms with van der Waals surface area (Å²) in [5.74, 6) is 2.26. The van der Waals surface area contributed by atoms with Gasteiger partial charge >= 0.3 is 0 Å². The predicted octanol–water partition coefficient (Wildman–Crippen LogP) is 1.23. The molecule has 0 aliphatic heterocycles. The van der Waals surface area contributed by atoms with Crippen LogP contribution >= 0.6 is 11.8 Å². The molecule has 0 amide bonds. The molecule has 0 aromatic heterocycles. The number of hydrogen-bond acceptors (Lipinski definition) is 3. The van der Waals surface area contributed by atoms with E-state index >= 15 is 0 Å². The third-order valence-electron chi connectivity index (χ3n) is 1.39. The molecular weight excluding hydrogens is 158 g/mol. The quantitative estimate of drug-likeness (QED) is 0.575. The average Bonchev–Trinajstić information content (AvgIpc) is 1.96. The van der Waals surface area contributed by atoms with Gasteiger partial charge in [0.25, 0.3) is 0 Å². The van der Waals surface area contributed by atoms with Crippen molar-refractivity contribution < 1.29 is 5.11 Å². The van der Waals surface area contributed by atoms with Crippen molar-refractivity contribution in [1.29, 1.82) is 0 Å². The molecule has 0 heterocycles. The summed E-state index contributed by atoms with van der Waals surface area (Å²) >= 11 is 1.90. The van der Waals surface area contributed by atoms with Crippen molar-refractivity contribution in [3.05, 3.63) is 0 Å². The van der Waals surface area contributed by atoms with E-state index in [1.54, 1.807) is 0 Å². The van der Waals surface area contributed by atoms with Crippen molar-refractivity contribution in [2.24, 2.45) is 5.73 Å². The minimum atomic E-state index is 0.320. The summed E-state index contributed by atoms with van der Waals surface area (Å²) in [4.78, 5) is 0. The van der Waals surface area contributed by atoms with E-state index in [0.29, 0.717) is 12.6 Å². The lowest BCUT2D eigenvalue weighted by molar-refractivity contribution is 0.296. The molecule has 0 aliphatic carbocycles. The van der Waals surface area contributed by atoms with Gasteiger partial charge in [0.1, 0.15) is 0 Å². The SMILES string of the molecule is CC(N)CCCSCCCO. The maximum atomic E-state index is 8.48. The number of aliphatic hydroxyl groups excluding tert-OH is 1. The fourth-order valence-corrected chi connectivity index (χ4v) is 1.68. The molecule has 0 saturated carbocycles. The van der Waals surface area contributed by atoms with Crippen LogP contribution in [0.15, 0.2) is 0 Å². The van der Waals surface area contributed by atoms with Gasteiger partial charge in [0.2, 0.25) is 0 Å². The van der Waals surface area contributed by atoms with E-state index in [2.05, 4.69) is 0 Å². The molecule has 0 fully saturated rings. The largest absolute Gasteiger partial charge is 0.396 e. The van der Waals surface area contributed by atoms with Crippen molar-refractivity contribution in [3.8, 4) is 0 Å². The summed E-state index contributed by atoms with van der Waals surface area (Å²) in [7, 11) is 0. The molecule has 3 heteroatoms. The van der Waals surface area contributed by atoms with Crippen molar-refractivity contribution >= 4 is 11.8 Å². The van der Waals surface area contributed by atoms with E-state index in [0.717, 1.165) is 18.6 Å². The highest BCUT2D eigenvalue weighted by atomic mass is 32.2. The first-order valence-corrected chi connectivity index (χ1v) is 5.37. The Kier molecular flexibility index (Phi) is 8.57. The van der Waals surface area contributed by atoms with Gasteiger partial charge in [-0.2, -0.15) is 11.8 Å². The van der Waals surface area contributed by atoms with Crippen molar-refractivity contribution in [1.82, 2.24) is 0 Å². The Labute approximate surface area is 73.6 Å². The second kappa shape index (κ2) is 8.37. The van der Waals surface area contributed by atoms with Crippen LogP contribution in [0.5, 0.6) is 0 Å². The van der Waals surface area contributed by atoms with Gasteiger partial charge in [-0.05, 0) is 37.7 Å². The molecule has 3 N–H and O–H groups in total. The maximum absolute atomic E-state index is 8.48. The highest BCUT2D eigenvalue weighted by Crippen LogP contribution is 2.06. The van der Waals surface area contributed by atoms with Gasteiger partial charge in [0.05, 0.1) is 0 Å². The predicted molar refractivity (Wildman–Crippen MR) is 51.9 cm³/mol. The molecule has 0 radical (unpaired) electrons. The Morgan fingerprint density at radius 1 is 1.36 bits per heavy atom. The first kappa shape index (κ1) is 11.3. The lowest BCUT2D eigenvalue weighted by Crippen LogP contribution is -2.14. The summed E-state index contributed by atoms with van der Waals surface area (Å²) in [5, 5.41) is 8.48. The summed E-state index contributed by atoms with van der Waals surface area (Å²) < 4.78 is 0. The minimum Gasteiger partial charge on any atom is -0.396 e.